The fourth-order valence-electron chi connectivity index (χ4n) is 6.18. The van der Waals surface area contributed by atoms with Crippen LogP contribution in [-0.2, 0) is 23.9 Å². The highest BCUT2D eigenvalue weighted by molar-refractivity contribution is 5.95. The van der Waals surface area contributed by atoms with Crippen LogP contribution in [0.2, 0.25) is 0 Å². The van der Waals surface area contributed by atoms with Crippen molar-refractivity contribution in [1.29, 1.82) is 0 Å². The minimum absolute atomic E-state index is 0.0658. The second-order valence-electron chi connectivity index (χ2n) is 14.2. The summed E-state index contributed by atoms with van der Waals surface area (Å²) < 4.78 is 11.6. The van der Waals surface area contributed by atoms with Crippen LogP contribution in [0.4, 0.5) is 0 Å². The summed E-state index contributed by atoms with van der Waals surface area (Å²) >= 11 is 0. The number of ether oxygens (including phenoxy) is 2. The van der Waals surface area contributed by atoms with E-state index in [1.807, 2.05) is 82.4 Å². The average molecular weight is 641 g/mol. The Bertz CT molecular complexity index is 1490. The number of hydrogen-bond acceptors (Lipinski definition) is 5. The Balaban J connectivity index is 1.91. The number of hydrogen-bond donors (Lipinski definition) is 0. The normalized spacial score (nSPS) is 25.9. The van der Waals surface area contributed by atoms with Gasteiger partial charge in [0.2, 0.25) is 0 Å². The molecule has 47 heavy (non-hydrogen) atoms. The van der Waals surface area contributed by atoms with Gasteiger partial charge in [0.25, 0.3) is 0 Å². The largest absolute Gasteiger partial charge is 0.462 e. The van der Waals surface area contributed by atoms with Crippen molar-refractivity contribution in [1.82, 2.24) is 0 Å². The summed E-state index contributed by atoms with van der Waals surface area (Å²) in [5.41, 5.74) is 5.50. The topological polar surface area (TPSA) is 69.7 Å². The Morgan fingerprint density at radius 2 is 1.49 bits per heavy atom. The fourth-order valence-corrected chi connectivity index (χ4v) is 6.18. The highest BCUT2D eigenvalue weighted by atomic mass is 16.5. The van der Waals surface area contributed by atoms with E-state index in [-0.39, 0.29) is 41.1 Å². The van der Waals surface area contributed by atoms with Crippen LogP contribution >= 0.6 is 0 Å². The molecule has 0 aromatic carbocycles. The molecule has 1 aliphatic heterocycles. The number of rotatable bonds is 12. The van der Waals surface area contributed by atoms with Crippen LogP contribution in [0, 0.1) is 23.2 Å². The second-order valence-corrected chi connectivity index (χ2v) is 14.2. The molecule has 5 nitrogen and oxygen atoms in total. The lowest BCUT2D eigenvalue weighted by molar-refractivity contribution is -0.147. The van der Waals surface area contributed by atoms with E-state index >= 15 is 0 Å². The highest BCUT2D eigenvalue weighted by Gasteiger charge is 2.44. The molecule has 4 unspecified atom stereocenters. The van der Waals surface area contributed by atoms with Crippen LogP contribution in [0.1, 0.15) is 108 Å². The molecule has 2 aliphatic rings. The van der Waals surface area contributed by atoms with Gasteiger partial charge in [-0.2, -0.15) is 0 Å². The van der Waals surface area contributed by atoms with Crippen molar-refractivity contribution in [3.63, 3.8) is 0 Å². The third-order valence-electron chi connectivity index (χ3n) is 8.89. The van der Waals surface area contributed by atoms with Gasteiger partial charge in [0.05, 0.1) is 11.7 Å². The van der Waals surface area contributed by atoms with E-state index in [0.29, 0.717) is 18.4 Å². The standard InChI is InChI=1S/C42H56O5/c1-29(18-14-19-31(3)22-23-39-33(5)24-38(46-36(8)44)27-41(39,9)10)16-12-13-17-30(2)20-15-21-32(4)40(45)28-42(11)34(6)25-37(47-42)26-35(7)43/h12-21,34,37-38H,24-28H2,1-11H3. The Kier molecular flexibility index (Phi) is 15.1. The molecule has 0 spiro atoms. The minimum atomic E-state index is -0.538. The van der Waals surface area contributed by atoms with Gasteiger partial charge in [-0.3, -0.25) is 14.4 Å². The van der Waals surface area contributed by atoms with Crippen LogP contribution in [0.3, 0.4) is 0 Å². The van der Waals surface area contributed by atoms with Crippen molar-refractivity contribution in [2.24, 2.45) is 11.3 Å². The zero-order valence-electron chi connectivity index (χ0n) is 30.6. The van der Waals surface area contributed by atoms with Gasteiger partial charge in [-0.05, 0) is 78.4 Å². The van der Waals surface area contributed by atoms with Crippen LogP contribution in [-0.4, -0.2) is 35.3 Å². The lowest BCUT2D eigenvalue weighted by Gasteiger charge is -2.36. The summed E-state index contributed by atoms with van der Waals surface area (Å²) in [6.07, 6.45) is 22.8. The third-order valence-corrected chi connectivity index (χ3v) is 8.89. The highest BCUT2D eigenvalue weighted by Crippen LogP contribution is 2.41. The summed E-state index contributed by atoms with van der Waals surface area (Å²) in [4.78, 5) is 35.8. The quantitative estimate of drug-likeness (QED) is 0.0920. The molecule has 0 radical (unpaired) electrons. The number of allylic oxidation sites excluding steroid dienone is 15. The molecule has 0 amide bonds. The molecular weight excluding hydrogens is 584 g/mol. The first kappa shape index (κ1) is 39.4. The molecule has 254 valence electrons. The zero-order valence-corrected chi connectivity index (χ0v) is 30.6. The van der Waals surface area contributed by atoms with Crippen molar-refractivity contribution >= 4 is 17.5 Å². The van der Waals surface area contributed by atoms with E-state index < -0.39 is 5.60 Å². The maximum atomic E-state index is 12.9. The smallest absolute Gasteiger partial charge is 0.302 e. The molecular formula is C42H56O5. The van der Waals surface area contributed by atoms with Crippen molar-refractivity contribution < 1.29 is 23.9 Å². The maximum Gasteiger partial charge on any atom is 0.302 e. The minimum Gasteiger partial charge on any atom is -0.462 e. The SMILES string of the molecule is CC(=O)CC1CC(C)C(C)(CC(=O)C(C)=CC=CC(C)=CC=CC=C(C)C=CC=C(C)C#CC2=C(C)CC(OC(C)=O)CC2(C)C)O1. The molecule has 1 aliphatic carbocycles. The molecule has 5 heteroatoms. The predicted octanol–water partition coefficient (Wildman–Crippen LogP) is 9.63. The van der Waals surface area contributed by atoms with Crippen LogP contribution in [0.25, 0.3) is 0 Å². The van der Waals surface area contributed by atoms with Crippen LogP contribution < -0.4 is 0 Å². The first-order chi connectivity index (χ1) is 21.9. The van der Waals surface area contributed by atoms with Gasteiger partial charge in [0, 0.05) is 37.2 Å². The van der Waals surface area contributed by atoms with E-state index in [2.05, 4.69) is 52.5 Å². The third kappa shape index (κ3) is 13.5. The Morgan fingerprint density at radius 3 is 2.04 bits per heavy atom. The number of Topliss-reactive ketones (excluding diaryl/α,β-unsaturated/α-hetero) is 2. The molecule has 1 heterocycles. The molecule has 0 N–H and O–H groups in total. The zero-order chi connectivity index (χ0) is 35.4. The molecule has 0 bridgehead atoms. The number of carbonyl (C=O) groups excluding carboxylic acids is 3. The van der Waals surface area contributed by atoms with Gasteiger partial charge in [0.1, 0.15) is 11.9 Å². The molecule has 1 saturated heterocycles. The van der Waals surface area contributed by atoms with Crippen molar-refractivity contribution in [3.8, 4) is 11.8 Å². The summed E-state index contributed by atoms with van der Waals surface area (Å²) in [5.74, 6) is 6.86. The van der Waals surface area contributed by atoms with Gasteiger partial charge in [0.15, 0.2) is 5.78 Å². The summed E-state index contributed by atoms with van der Waals surface area (Å²) in [6, 6.07) is 0. The van der Waals surface area contributed by atoms with Crippen molar-refractivity contribution in [2.45, 2.75) is 126 Å². The van der Waals surface area contributed by atoms with Gasteiger partial charge in [-0.1, -0.05) is 110 Å². The van der Waals surface area contributed by atoms with E-state index in [0.717, 1.165) is 41.6 Å². The maximum absolute atomic E-state index is 12.9. The van der Waals surface area contributed by atoms with Crippen molar-refractivity contribution in [2.75, 3.05) is 0 Å². The van der Waals surface area contributed by atoms with Crippen molar-refractivity contribution in [3.05, 3.63) is 94.2 Å². The molecule has 4 atom stereocenters. The Hall–Kier alpha value is -3.75. The number of ketones is 2. The summed E-state index contributed by atoms with van der Waals surface area (Å²) in [6.45, 7) is 21.4. The lowest BCUT2D eigenvalue weighted by Crippen LogP contribution is -2.34. The number of esters is 1. The summed E-state index contributed by atoms with van der Waals surface area (Å²) in [5, 5.41) is 0. The van der Waals surface area contributed by atoms with Crippen LogP contribution in [0.15, 0.2) is 94.2 Å². The Morgan fingerprint density at radius 1 is 0.894 bits per heavy atom. The average Bonchev–Trinajstić information content (AvgIpc) is 3.20. The van der Waals surface area contributed by atoms with Gasteiger partial charge in [-0.15, -0.1) is 0 Å². The van der Waals surface area contributed by atoms with E-state index in [1.165, 1.54) is 12.5 Å². The fraction of sp³-hybridized carbons (Fsp3) is 0.500. The van der Waals surface area contributed by atoms with Gasteiger partial charge in [-0.25, -0.2) is 0 Å². The first-order valence-electron chi connectivity index (χ1n) is 16.7. The van der Waals surface area contributed by atoms with E-state index in [9.17, 15) is 14.4 Å². The Labute approximate surface area is 284 Å². The molecule has 2 rings (SSSR count). The van der Waals surface area contributed by atoms with E-state index in [4.69, 9.17) is 9.47 Å². The number of carbonyl (C=O) groups is 3. The first-order valence-corrected chi connectivity index (χ1v) is 16.7. The lowest BCUT2D eigenvalue weighted by atomic mass is 9.72. The molecule has 1 fully saturated rings. The van der Waals surface area contributed by atoms with Gasteiger partial charge >= 0.3 is 5.97 Å². The molecule has 0 aromatic heterocycles. The molecule has 0 aromatic rings. The van der Waals surface area contributed by atoms with E-state index in [1.54, 1.807) is 6.92 Å². The van der Waals surface area contributed by atoms with Gasteiger partial charge < -0.3 is 9.47 Å². The predicted molar refractivity (Wildman–Crippen MR) is 193 cm³/mol. The summed E-state index contributed by atoms with van der Waals surface area (Å²) in [7, 11) is 0. The van der Waals surface area contributed by atoms with Crippen LogP contribution in [0.5, 0.6) is 0 Å². The molecule has 0 saturated carbocycles. The monoisotopic (exact) mass is 640 g/mol. The second kappa shape index (κ2) is 18.0.